The van der Waals surface area contributed by atoms with E-state index in [-0.39, 0.29) is 5.91 Å². The van der Waals surface area contributed by atoms with Gasteiger partial charge in [-0.05, 0) is 19.4 Å². The fourth-order valence-electron chi connectivity index (χ4n) is 1.37. The van der Waals surface area contributed by atoms with Gasteiger partial charge in [-0.25, -0.2) is 0 Å². The Morgan fingerprint density at radius 3 is 2.81 bits per heavy atom. The van der Waals surface area contributed by atoms with Crippen LogP contribution >= 0.6 is 11.3 Å². The Hall–Kier alpha value is -0.940. The topological polar surface area (TPSA) is 60.4 Å². The minimum atomic E-state index is -0.0224. The zero-order valence-corrected chi connectivity index (χ0v) is 10.5. The largest absolute Gasteiger partial charge is 0.330 e. The summed E-state index contributed by atoms with van der Waals surface area (Å²) in [7, 11) is 1.89. The zero-order valence-electron chi connectivity index (χ0n) is 9.69. The summed E-state index contributed by atoms with van der Waals surface area (Å²) in [6, 6.07) is 0. The van der Waals surface area contributed by atoms with Crippen LogP contribution in [0.15, 0.2) is 16.6 Å². The lowest BCUT2D eigenvalue weighted by Gasteiger charge is -1.97. The first-order valence-electron chi connectivity index (χ1n) is 5.62. The average Bonchev–Trinajstić information content (AvgIpc) is 2.64. The van der Waals surface area contributed by atoms with Gasteiger partial charge in [0, 0.05) is 25.0 Å². The standard InChI is InChI=1S/C11H19N3OS/c1-14-8-9-16-11(14)13-10(15)6-4-2-3-5-7-12/h8-9H,2-7,12H2,1H3. The van der Waals surface area contributed by atoms with E-state index in [0.717, 1.165) is 37.0 Å². The third kappa shape index (κ3) is 4.72. The van der Waals surface area contributed by atoms with Crippen molar-refractivity contribution < 1.29 is 4.79 Å². The van der Waals surface area contributed by atoms with E-state index in [4.69, 9.17) is 5.73 Å². The molecule has 4 nitrogen and oxygen atoms in total. The normalized spacial score (nSPS) is 12.0. The molecule has 1 aromatic rings. The van der Waals surface area contributed by atoms with E-state index in [1.54, 1.807) is 0 Å². The number of nitrogens with zero attached hydrogens (tertiary/aromatic N) is 2. The van der Waals surface area contributed by atoms with Gasteiger partial charge in [0.25, 0.3) is 0 Å². The fourth-order valence-corrected chi connectivity index (χ4v) is 2.12. The van der Waals surface area contributed by atoms with Gasteiger partial charge in [-0.3, -0.25) is 4.79 Å². The summed E-state index contributed by atoms with van der Waals surface area (Å²) in [5.74, 6) is -0.0224. The van der Waals surface area contributed by atoms with E-state index in [1.165, 1.54) is 11.3 Å². The first-order valence-corrected chi connectivity index (χ1v) is 6.49. The highest BCUT2D eigenvalue weighted by Crippen LogP contribution is 2.03. The van der Waals surface area contributed by atoms with Crippen molar-refractivity contribution in [3.63, 3.8) is 0 Å². The van der Waals surface area contributed by atoms with Gasteiger partial charge in [0.1, 0.15) is 0 Å². The lowest BCUT2D eigenvalue weighted by atomic mass is 10.1. The third-order valence-corrected chi connectivity index (χ3v) is 3.17. The van der Waals surface area contributed by atoms with Crippen LogP contribution in [0.3, 0.4) is 0 Å². The second kappa shape index (κ2) is 7.35. The number of nitrogens with two attached hydrogens (primary N) is 1. The van der Waals surface area contributed by atoms with Crippen molar-refractivity contribution in [2.24, 2.45) is 17.8 Å². The Labute approximate surface area is 99.8 Å². The molecule has 0 spiro atoms. The van der Waals surface area contributed by atoms with Crippen LogP contribution in [0.25, 0.3) is 0 Å². The lowest BCUT2D eigenvalue weighted by Crippen LogP contribution is -2.12. The molecule has 0 saturated heterocycles. The zero-order chi connectivity index (χ0) is 11.8. The molecule has 0 radical (unpaired) electrons. The fraction of sp³-hybridized carbons (Fsp3) is 0.636. The molecule has 0 atom stereocenters. The van der Waals surface area contributed by atoms with Crippen molar-refractivity contribution in [3.8, 4) is 0 Å². The van der Waals surface area contributed by atoms with Gasteiger partial charge in [0.05, 0.1) is 0 Å². The minimum Gasteiger partial charge on any atom is -0.330 e. The molecule has 16 heavy (non-hydrogen) atoms. The Balaban J connectivity index is 2.29. The molecule has 1 aromatic heterocycles. The molecule has 0 unspecified atom stereocenters. The maximum Gasteiger partial charge on any atom is 0.248 e. The first-order chi connectivity index (χ1) is 7.74. The van der Waals surface area contributed by atoms with E-state index < -0.39 is 0 Å². The summed E-state index contributed by atoms with van der Waals surface area (Å²) in [4.78, 5) is 16.3. The van der Waals surface area contributed by atoms with Crippen LogP contribution < -0.4 is 10.5 Å². The van der Waals surface area contributed by atoms with Crippen molar-refractivity contribution in [2.75, 3.05) is 6.54 Å². The van der Waals surface area contributed by atoms with Gasteiger partial charge < -0.3 is 10.3 Å². The van der Waals surface area contributed by atoms with Crippen molar-refractivity contribution in [1.82, 2.24) is 4.57 Å². The Morgan fingerprint density at radius 2 is 2.19 bits per heavy atom. The summed E-state index contributed by atoms with van der Waals surface area (Å²) in [5, 5.41) is 1.92. The SMILES string of the molecule is Cn1ccsc1=NC(=O)CCCCCCN. The summed E-state index contributed by atoms with van der Waals surface area (Å²) in [6.07, 6.45) is 6.58. The number of hydrogen-bond donors (Lipinski definition) is 1. The van der Waals surface area contributed by atoms with E-state index in [9.17, 15) is 4.79 Å². The second-order valence-corrected chi connectivity index (χ2v) is 4.63. The van der Waals surface area contributed by atoms with Gasteiger partial charge in [-0.1, -0.05) is 12.8 Å². The number of aromatic nitrogens is 1. The number of carbonyl (C=O) groups is 1. The quantitative estimate of drug-likeness (QED) is 0.766. The smallest absolute Gasteiger partial charge is 0.248 e. The van der Waals surface area contributed by atoms with Gasteiger partial charge in [0.2, 0.25) is 5.91 Å². The number of rotatable bonds is 6. The number of thiazole rings is 1. The van der Waals surface area contributed by atoms with Crippen molar-refractivity contribution in [3.05, 3.63) is 16.4 Å². The third-order valence-electron chi connectivity index (χ3n) is 2.32. The molecular weight excluding hydrogens is 222 g/mol. The van der Waals surface area contributed by atoms with Crippen molar-refractivity contribution in [1.29, 1.82) is 0 Å². The molecule has 5 heteroatoms. The summed E-state index contributed by atoms with van der Waals surface area (Å²) >= 11 is 1.48. The number of aryl methyl sites for hydroxylation is 1. The molecular formula is C11H19N3OS. The molecule has 0 saturated carbocycles. The first kappa shape index (κ1) is 13.1. The molecule has 1 heterocycles. The second-order valence-electron chi connectivity index (χ2n) is 3.75. The highest BCUT2D eigenvalue weighted by atomic mass is 32.1. The molecule has 0 bridgehead atoms. The van der Waals surface area contributed by atoms with E-state index in [0.29, 0.717) is 6.42 Å². The molecule has 0 aliphatic carbocycles. The molecule has 0 fully saturated rings. The van der Waals surface area contributed by atoms with Crippen LogP contribution in [0.4, 0.5) is 0 Å². The predicted octanol–water partition coefficient (Wildman–Crippen LogP) is 1.42. The molecule has 0 aromatic carbocycles. The van der Waals surface area contributed by atoms with Crippen molar-refractivity contribution >= 4 is 17.2 Å². The highest BCUT2D eigenvalue weighted by molar-refractivity contribution is 7.07. The van der Waals surface area contributed by atoms with Crippen LogP contribution in [-0.4, -0.2) is 17.0 Å². The van der Waals surface area contributed by atoms with Gasteiger partial charge in [-0.2, -0.15) is 4.99 Å². The minimum absolute atomic E-state index is 0.0224. The number of hydrogen-bond acceptors (Lipinski definition) is 3. The lowest BCUT2D eigenvalue weighted by molar-refractivity contribution is -0.118. The van der Waals surface area contributed by atoms with Crippen LogP contribution in [0.5, 0.6) is 0 Å². The molecule has 1 rings (SSSR count). The average molecular weight is 241 g/mol. The van der Waals surface area contributed by atoms with E-state index in [1.807, 2.05) is 23.2 Å². The summed E-state index contributed by atoms with van der Waals surface area (Å²) in [5.41, 5.74) is 5.39. The van der Waals surface area contributed by atoms with E-state index in [2.05, 4.69) is 4.99 Å². The van der Waals surface area contributed by atoms with Crippen LogP contribution in [0.2, 0.25) is 0 Å². The van der Waals surface area contributed by atoms with Crippen molar-refractivity contribution in [2.45, 2.75) is 32.1 Å². The number of amides is 1. The molecule has 0 aliphatic heterocycles. The Morgan fingerprint density at radius 1 is 1.44 bits per heavy atom. The molecule has 1 amide bonds. The van der Waals surface area contributed by atoms with Crippen LogP contribution in [0, 0.1) is 0 Å². The van der Waals surface area contributed by atoms with Gasteiger partial charge >= 0.3 is 0 Å². The molecule has 0 aliphatic rings. The van der Waals surface area contributed by atoms with Crippen LogP contribution in [-0.2, 0) is 11.8 Å². The molecule has 2 N–H and O–H groups in total. The number of unbranched alkanes of at least 4 members (excludes halogenated alkanes) is 3. The maximum absolute atomic E-state index is 11.5. The van der Waals surface area contributed by atoms with Gasteiger partial charge in [-0.15, -0.1) is 11.3 Å². The monoisotopic (exact) mass is 241 g/mol. The summed E-state index contributed by atoms with van der Waals surface area (Å²) in [6.45, 7) is 0.739. The van der Waals surface area contributed by atoms with E-state index >= 15 is 0 Å². The highest BCUT2D eigenvalue weighted by Gasteiger charge is 1.99. The number of carbonyl (C=O) groups excluding carboxylic acids is 1. The Bertz CT molecular complexity index is 381. The molecule has 90 valence electrons. The predicted molar refractivity (Wildman–Crippen MR) is 66.0 cm³/mol. The maximum atomic E-state index is 11.5. The van der Waals surface area contributed by atoms with Crippen LogP contribution in [0.1, 0.15) is 32.1 Å². The Kier molecular flexibility index (Phi) is 6.03. The van der Waals surface area contributed by atoms with Gasteiger partial charge in [0.15, 0.2) is 4.80 Å². The summed E-state index contributed by atoms with van der Waals surface area (Å²) < 4.78 is 1.86.